The van der Waals surface area contributed by atoms with Gasteiger partial charge in [-0.15, -0.1) is 0 Å². The van der Waals surface area contributed by atoms with Crippen LogP contribution in [0.5, 0.6) is 0 Å². The number of esters is 1. The first-order valence-corrected chi connectivity index (χ1v) is 4.12. The molecule has 0 aromatic rings. The number of hydrogen-bond acceptors (Lipinski definition) is 2. The second-order valence-corrected chi connectivity index (χ2v) is 3.04. The van der Waals surface area contributed by atoms with Crippen LogP contribution in [-0.4, -0.2) is 18.5 Å². The highest BCUT2D eigenvalue weighted by atomic mass is 19.3. The Morgan fingerprint density at radius 2 is 2.25 bits per heavy atom. The van der Waals surface area contributed by atoms with Crippen molar-refractivity contribution < 1.29 is 18.3 Å². The molecular formula is C8H12F2O2. The number of unbranched alkanes of at least 4 members (excludes halogenated alkanes) is 1. The lowest BCUT2D eigenvalue weighted by Crippen LogP contribution is -2.12. The van der Waals surface area contributed by atoms with E-state index in [-0.39, 0.29) is 13.0 Å². The van der Waals surface area contributed by atoms with Gasteiger partial charge in [-0.1, -0.05) is 13.3 Å². The first-order valence-electron chi connectivity index (χ1n) is 4.12. The first kappa shape index (κ1) is 9.42. The fraction of sp³-hybridized carbons (Fsp3) is 0.875. The van der Waals surface area contributed by atoms with E-state index in [2.05, 4.69) is 4.74 Å². The highest BCUT2D eigenvalue weighted by molar-refractivity contribution is 5.77. The van der Waals surface area contributed by atoms with Gasteiger partial charge in [-0.2, -0.15) is 0 Å². The number of halogens is 2. The molecule has 2 nitrogen and oxygen atoms in total. The predicted molar refractivity (Wildman–Crippen MR) is 38.9 cm³/mol. The van der Waals surface area contributed by atoms with Gasteiger partial charge in [-0.25, -0.2) is 8.78 Å². The summed E-state index contributed by atoms with van der Waals surface area (Å²) in [7, 11) is 0. The summed E-state index contributed by atoms with van der Waals surface area (Å²) in [6, 6.07) is 0. The van der Waals surface area contributed by atoms with Gasteiger partial charge in [-0.3, -0.25) is 4.79 Å². The fourth-order valence-corrected chi connectivity index (χ4v) is 0.887. The van der Waals surface area contributed by atoms with Crippen molar-refractivity contribution in [2.75, 3.05) is 6.61 Å². The molecule has 1 atom stereocenters. The summed E-state index contributed by atoms with van der Waals surface area (Å²) in [5.41, 5.74) is 0. The Kier molecular flexibility index (Phi) is 2.65. The Labute approximate surface area is 69.9 Å². The average molecular weight is 178 g/mol. The number of hydrogen-bond donors (Lipinski definition) is 0. The van der Waals surface area contributed by atoms with Crippen molar-refractivity contribution in [3.05, 3.63) is 0 Å². The molecule has 70 valence electrons. The first-order chi connectivity index (χ1) is 5.58. The third-order valence-electron chi connectivity index (χ3n) is 1.85. The highest BCUT2D eigenvalue weighted by Gasteiger charge is 2.62. The normalized spacial score (nSPS) is 25.1. The molecule has 0 unspecified atom stereocenters. The molecule has 0 aromatic heterocycles. The Balaban J connectivity index is 2.14. The maximum atomic E-state index is 12.3. The summed E-state index contributed by atoms with van der Waals surface area (Å²) in [5.74, 6) is -4.69. The molecule has 0 radical (unpaired) electrons. The number of ether oxygens (including phenoxy) is 1. The van der Waals surface area contributed by atoms with Crippen LogP contribution in [0.4, 0.5) is 8.78 Å². The molecule has 0 aromatic carbocycles. The number of carbonyl (C=O) groups excluding carboxylic acids is 1. The molecule has 1 aliphatic carbocycles. The minimum atomic E-state index is -2.79. The zero-order valence-corrected chi connectivity index (χ0v) is 6.98. The number of carbonyl (C=O) groups is 1. The van der Waals surface area contributed by atoms with Crippen molar-refractivity contribution in [1.29, 1.82) is 0 Å². The minimum Gasteiger partial charge on any atom is -0.465 e. The largest absolute Gasteiger partial charge is 0.465 e. The molecular weight excluding hydrogens is 166 g/mol. The smallest absolute Gasteiger partial charge is 0.315 e. The van der Waals surface area contributed by atoms with E-state index < -0.39 is 17.8 Å². The Bertz CT molecular complexity index is 180. The third kappa shape index (κ3) is 2.16. The van der Waals surface area contributed by atoms with Crippen molar-refractivity contribution in [1.82, 2.24) is 0 Å². The van der Waals surface area contributed by atoms with Crippen molar-refractivity contribution in [3.63, 3.8) is 0 Å². The van der Waals surface area contributed by atoms with Crippen LogP contribution in [-0.2, 0) is 9.53 Å². The second kappa shape index (κ2) is 3.37. The van der Waals surface area contributed by atoms with Crippen LogP contribution in [0.15, 0.2) is 0 Å². The van der Waals surface area contributed by atoms with E-state index in [1.54, 1.807) is 0 Å². The summed E-state index contributed by atoms with van der Waals surface area (Å²) < 4.78 is 29.1. The Hall–Kier alpha value is -0.670. The van der Waals surface area contributed by atoms with Gasteiger partial charge in [0.2, 0.25) is 0 Å². The van der Waals surface area contributed by atoms with E-state index in [9.17, 15) is 13.6 Å². The van der Waals surface area contributed by atoms with E-state index >= 15 is 0 Å². The van der Waals surface area contributed by atoms with Crippen LogP contribution in [0.3, 0.4) is 0 Å². The van der Waals surface area contributed by atoms with Crippen LogP contribution in [0.2, 0.25) is 0 Å². The molecule has 1 fully saturated rings. The summed E-state index contributed by atoms with van der Waals surface area (Å²) in [5, 5.41) is 0. The van der Waals surface area contributed by atoms with E-state index in [0.29, 0.717) is 0 Å². The average Bonchev–Trinajstić information content (AvgIpc) is 2.60. The van der Waals surface area contributed by atoms with Gasteiger partial charge in [0, 0.05) is 6.42 Å². The van der Waals surface area contributed by atoms with Crippen molar-refractivity contribution in [2.24, 2.45) is 5.92 Å². The SMILES string of the molecule is CCCCOC(=O)[C@H]1CC1(F)F. The molecule has 0 saturated heterocycles. The lowest BCUT2D eigenvalue weighted by molar-refractivity contribution is -0.147. The van der Waals surface area contributed by atoms with Crippen molar-refractivity contribution in [2.45, 2.75) is 32.1 Å². The molecule has 0 amide bonds. The van der Waals surface area contributed by atoms with Crippen LogP contribution < -0.4 is 0 Å². The minimum absolute atomic E-state index is 0.266. The van der Waals surface area contributed by atoms with Gasteiger partial charge in [0.15, 0.2) is 0 Å². The summed E-state index contributed by atoms with van der Waals surface area (Å²) >= 11 is 0. The van der Waals surface area contributed by atoms with E-state index in [1.165, 1.54) is 0 Å². The van der Waals surface area contributed by atoms with Gasteiger partial charge in [-0.05, 0) is 6.42 Å². The van der Waals surface area contributed by atoms with Gasteiger partial charge in [0.25, 0.3) is 5.92 Å². The standard InChI is InChI=1S/C8H12F2O2/c1-2-3-4-12-7(11)6-5-8(6,9)10/h6H,2-5H2,1H3/t6-/m1/s1. The second-order valence-electron chi connectivity index (χ2n) is 3.04. The van der Waals surface area contributed by atoms with Crippen molar-refractivity contribution >= 4 is 5.97 Å². The maximum absolute atomic E-state index is 12.3. The Morgan fingerprint density at radius 1 is 1.67 bits per heavy atom. The quantitative estimate of drug-likeness (QED) is 0.486. The molecule has 0 heterocycles. The fourth-order valence-electron chi connectivity index (χ4n) is 0.887. The monoisotopic (exact) mass is 178 g/mol. The molecule has 12 heavy (non-hydrogen) atoms. The lowest BCUT2D eigenvalue weighted by Gasteiger charge is -2.01. The predicted octanol–water partition coefficient (Wildman–Crippen LogP) is 1.98. The number of alkyl halides is 2. The van der Waals surface area contributed by atoms with E-state index in [4.69, 9.17) is 0 Å². The molecule has 0 aliphatic heterocycles. The molecule has 0 N–H and O–H groups in total. The Morgan fingerprint density at radius 3 is 2.67 bits per heavy atom. The lowest BCUT2D eigenvalue weighted by atomic mass is 10.3. The van der Waals surface area contributed by atoms with Gasteiger partial charge in [0.1, 0.15) is 5.92 Å². The molecule has 1 rings (SSSR count). The summed E-state index contributed by atoms with van der Waals surface area (Å²) in [6.07, 6.45) is 1.30. The van der Waals surface area contributed by atoms with Crippen molar-refractivity contribution in [3.8, 4) is 0 Å². The molecule has 4 heteroatoms. The van der Waals surface area contributed by atoms with E-state index in [1.807, 2.05) is 6.92 Å². The van der Waals surface area contributed by atoms with Crippen LogP contribution in [0.25, 0.3) is 0 Å². The summed E-state index contributed by atoms with van der Waals surface area (Å²) in [4.78, 5) is 10.8. The van der Waals surface area contributed by atoms with Gasteiger partial charge >= 0.3 is 5.97 Å². The molecule has 1 saturated carbocycles. The van der Waals surface area contributed by atoms with Crippen LogP contribution >= 0.6 is 0 Å². The topological polar surface area (TPSA) is 26.3 Å². The zero-order valence-electron chi connectivity index (χ0n) is 6.98. The van der Waals surface area contributed by atoms with Gasteiger partial charge in [0.05, 0.1) is 6.61 Å². The highest BCUT2D eigenvalue weighted by Crippen LogP contribution is 2.49. The van der Waals surface area contributed by atoms with Gasteiger partial charge < -0.3 is 4.74 Å². The molecule has 0 bridgehead atoms. The number of rotatable bonds is 4. The van der Waals surface area contributed by atoms with E-state index in [0.717, 1.165) is 12.8 Å². The zero-order chi connectivity index (χ0) is 9.19. The maximum Gasteiger partial charge on any atom is 0.315 e. The molecule has 0 spiro atoms. The third-order valence-corrected chi connectivity index (χ3v) is 1.85. The molecule has 1 aliphatic rings. The summed E-state index contributed by atoms with van der Waals surface area (Å²) in [6.45, 7) is 2.21. The van der Waals surface area contributed by atoms with Crippen LogP contribution in [0.1, 0.15) is 26.2 Å². The van der Waals surface area contributed by atoms with Crippen LogP contribution in [0, 0.1) is 5.92 Å².